The van der Waals surface area contributed by atoms with Crippen LogP contribution in [0.3, 0.4) is 0 Å². The molecule has 1 amide bonds. The van der Waals surface area contributed by atoms with Crippen molar-refractivity contribution < 1.29 is 4.79 Å². The van der Waals surface area contributed by atoms with E-state index in [1.165, 1.54) is 6.20 Å². The first kappa shape index (κ1) is 15.1. The Morgan fingerprint density at radius 3 is 2.76 bits per heavy atom. The van der Waals surface area contributed by atoms with Gasteiger partial charge in [-0.1, -0.05) is 25.2 Å². The van der Waals surface area contributed by atoms with Crippen LogP contribution in [-0.4, -0.2) is 20.9 Å². The van der Waals surface area contributed by atoms with Crippen molar-refractivity contribution in [2.45, 2.75) is 19.9 Å². The number of aromatic nitrogens is 2. The number of rotatable bonds is 5. The zero-order chi connectivity index (χ0) is 15.2. The van der Waals surface area contributed by atoms with Gasteiger partial charge in [0.15, 0.2) is 0 Å². The van der Waals surface area contributed by atoms with E-state index in [2.05, 4.69) is 22.2 Å². The third kappa shape index (κ3) is 3.82. The molecular weight excluding hydrogens is 284 g/mol. The van der Waals surface area contributed by atoms with E-state index in [-0.39, 0.29) is 10.9 Å². The van der Waals surface area contributed by atoms with Crippen molar-refractivity contribution >= 4 is 23.1 Å². The maximum Gasteiger partial charge on any atom is 0.270 e. The molecule has 3 N–H and O–H groups in total. The highest BCUT2D eigenvalue weighted by Gasteiger charge is 2.09. The smallest absolute Gasteiger partial charge is 0.270 e. The monoisotopic (exact) mass is 300 g/mol. The van der Waals surface area contributed by atoms with Gasteiger partial charge in [-0.25, -0.2) is 0 Å². The van der Waals surface area contributed by atoms with Crippen LogP contribution in [0.5, 0.6) is 0 Å². The lowest BCUT2D eigenvalue weighted by atomic mass is 10.1. The van der Waals surface area contributed by atoms with E-state index in [9.17, 15) is 4.79 Å². The molecule has 0 aliphatic carbocycles. The van der Waals surface area contributed by atoms with Crippen molar-refractivity contribution in [2.24, 2.45) is 5.73 Å². The third-order valence-corrected chi connectivity index (χ3v) is 3.30. The topological polar surface area (TPSA) is 80.9 Å². The molecule has 0 fully saturated rings. The number of aryl methyl sites for hydroxylation is 1. The number of carbonyl (C=O) groups is 1. The molecule has 2 aromatic rings. The van der Waals surface area contributed by atoms with Gasteiger partial charge < -0.3 is 11.1 Å². The lowest BCUT2D eigenvalue weighted by molar-refractivity contribution is 0.0945. The molecule has 0 atom stereocenters. The number of pyridine rings is 2. The van der Waals surface area contributed by atoms with Gasteiger partial charge in [0.2, 0.25) is 0 Å². The van der Waals surface area contributed by atoms with Crippen molar-refractivity contribution in [1.29, 1.82) is 0 Å². The maximum absolute atomic E-state index is 12.0. The van der Waals surface area contributed by atoms with Crippen LogP contribution in [0.1, 0.15) is 34.2 Å². The van der Waals surface area contributed by atoms with Gasteiger partial charge in [-0.15, -0.1) is 0 Å². The molecule has 2 heterocycles. The lowest BCUT2D eigenvalue weighted by Gasteiger charge is -2.08. The van der Waals surface area contributed by atoms with Crippen LogP contribution in [0.2, 0.25) is 0 Å². The molecule has 0 spiro atoms. The second-order valence-electron chi connectivity index (χ2n) is 4.44. The van der Waals surface area contributed by atoms with Gasteiger partial charge >= 0.3 is 0 Å². The molecule has 0 saturated heterocycles. The summed E-state index contributed by atoms with van der Waals surface area (Å²) in [6.07, 6.45) is 4.09. The number of hydrogen-bond donors (Lipinski definition) is 2. The molecule has 0 saturated carbocycles. The number of carbonyl (C=O) groups excluding carboxylic acids is 1. The Kier molecular flexibility index (Phi) is 4.94. The van der Waals surface area contributed by atoms with E-state index in [1.807, 2.05) is 12.1 Å². The SMILES string of the molecule is CCc1cccnc1CNC(=O)c1ccc(C(N)=S)cn1. The van der Waals surface area contributed by atoms with E-state index in [1.54, 1.807) is 18.3 Å². The van der Waals surface area contributed by atoms with Crippen LogP contribution >= 0.6 is 12.2 Å². The Hall–Kier alpha value is -2.34. The molecule has 6 heteroatoms. The largest absolute Gasteiger partial charge is 0.389 e. The van der Waals surface area contributed by atoms with Crippen LogP contribution < -0.4 is 11.1 Å². The highest BCUT2D eigenvalue weighted by molar-refractivity contribution is 7.80. The van der Waals surface area contributed by atoms with Crippen molar-refractivity contribution in [1.82, 2.24) is 15.3 Å². The predicted molar refractivity (Wildman–Crippen MR) is 84.9 cm³/mol. The summed E-state index contributed by atoms with van der Waals surface area (Å²) < 4.78 is 0. The number of nitrogens with zero attached hydrogens (tertiary/aromatic N) is 2. The second kappa shape index (κ2) is 6.90. The summed E-state index contributed by atoms with van der Waals surface area (Å²) in [5, 5.41) is 2.81. The van der Waals surface area contributed by atoms with Crippen molar-refractivity contribution in [3.8, 4) is 0 Å². The molecule has 5 nitrogen and oxygen atoms in total. The van der Waals surface area contributed by atoms with Crippen molar-refractivity contribution in [2.75, 3.05) is 0 Å². The van der Waals surface area contributed by atoms with Crippen LogP contribution in [0.15, 0.2) is 36.7 Å². The van der Waals surface area contributed by atoms with Crippen molar-refractivity contribution in [3.63, 3.8) is 0 Å². The van der Waals surface area contributed by atoms with Crippen LogP contribution in [0.25, 0.3) is 0 Å². The Balaban J connectivity index is 2.03. The first-order chi connectivity index (χ1) is 10.1. The van der Waals surface area contributed by atoms with Crippen LogP contribution in [0.4, 0.5) is 0 Å². The van der Waals surface area contributed by atoms with Crippen molar-refractivity contribution in [3.05, 3.63) is 59.2 Å². The van der Waals surface area contributed by atoms with Gasteiger partial charge in [-0.3, -0.25) is 14.8 Å². The molecule has 0 radical (unpaired) electrons. The zero-order valence-corrected chi connectivity index (χ0v) is 12.5. The normalized spacial score (nSPS) is 10.1. The van der Waals surface area contributed by atoms with Crippen LogP contribution in [-0.2, 0) is 13.0 Å². The summed E-state index contributed by atoms with van der Waals surface area (Å²) >= 11 is 4.84. The molecule has 0 unspecified atom stereocenters. The Morgan fingerprint density at radius 1 is 1.33 bits per heavy atom. The summed E-state index contributed by atoms with van der Waals surface area (Å²) in [7, 11) is 0. The highest BCUT2D eigenvalue weighted by atomic mass is 32.1. The third-order valence-electron chi connectivity index (χ3n) is 3.06. The highest BCUT2D eigenvalue weighted by Crippen LogP contribution is 2.06. The first-order valence-corrected chi connectivity index (χ1v) is 6.99. The van der Waals surface area contributed by atoms with Gasteiger partial charge in [-0.2, -0.15) is 0 Å². The molecule has 0 aliphatic heterocycles. The molecule has 108 valence electrons. The number of amides is 1. The average molecular weight is 300 g/mol. The van der Waals surface area contributed by atoms with E-state index < -0.39 is 0 Å². The molecule has 0 bridgehead atoms. The fourth-order valence-corrected chi connectivity index (χ4v) is 2.00. The van der Waals surface area contributed by atoms with Gasteiger partial charge in [0.05, 0.1) is 12.2 Å². The quantitative estimate of drug-likeness (QED) is 0.820. The number of thiocarbonyl (C=S) groups is 1. The minimum atomic E-state index is -0.253. The Labute approximate surface area is 128 Å². The molecular formula is C15H16N4OS. The molecule has 0 aliphatic rings. The minimum absolute atomic E-state index is 0.253. The van der Waals surface area contributed by atoms with E-state index in [0.29, 0.717) is 17.8 Å². The number of nitrogens with two attached hydrogens (primary N) is 1. The summed E-state index contributed by atoms with van der Waals surface area (Å²) in [4.78, 5) is 20.6. The van der Waals surface area contributed by atoms with Gasteiger partial charge in [0, 0.05) is 18.0 Å². The molecule has 2 rings (SSSR count). The Bertz CT molecular complexity index is 655. The molecule has 2 aromatic heterocycles. The fraction of sp³-hybridized carbons (Fsp3) is 0.200. The average Bonchev–Trinajstić information content (AvgIpc) is 2.52. The summed E-state index contributed by atoms with van der Waals surface area (Å²) in [5.74, 6) is -0.253. The Morgan fingerprint density at radius 2 is 2.14 bits per heavy atom. The van der Waals surface area contributed by atoms with E-state index >= 15 is 0 Å². The molecule has 21 heavy (non-hydrogen) atoms. The summed E-state index contributed by atoms with van der Waals surface area (Å²) in [5.41, 5.74) is 8.44. The van der Waals surface area contributed by atoms with Gasteiger partial charge in [-0.05, 0) is 30.2 Å². The van der Waals surface area contributed by atoms with Gasteiger partial charge in [0.25, 0.3) is 5.91 Å². The van der Waals surface area contributed by atoms with E-state index in [0.717, 1.165) is 17.7 Å². The van der Waals surface area contributed by atoms with Crippen LogP contribution in [0, 0.1) is 0 Å². The number of nitrogens with one attached hydrogen (secondary N) is 1. The summed E-state index contributed by atoms with van der Waals surface area (Å²) in [6, 6.07) is 7.18. The fourth-order valence-electron chi connectivity index (χ4n) is 1.88. The summed E-state index contributed by atoms with van der Waals surface area (Å²) in [6.45, 7) is 2.43. The van der Waals surface area contributed by atoms with E-state index in [4.69, 9.17) is 18.0 Å². The standard InChI is InChI=1S/C15H16N4OS/c1-2-10-4-3-7-17-13(10)9-19-15(20)12-6-5-11(8-18-12)14(16)21/h3-8H,2,9H2,1H3,(H2,16,21)(H,19,20). The number of hydrogen-bond acceptors (Lipinski definition) is 4. The first-order valence-electron chi connectivity index (χ1n) is 6.58. The zero-order valence-electron chi connectivity index (χ0n) is 11.7. The predicted octanol–water partition coefficient (Wildman–Crippen LogP) is 1.60. The maximum atomic E-state index is 12.0. The van der Waals surface area contributed by atoms with Gasteiger partial charge in [0.1, 0.15) is 10.7 Å². The molecule has 0 aromatic carbocycles. The second-order valence-corrected chi connectivity index (χ2v) is 4.88. The minimum Gasteiger partial charge on any atom is -0.389 e. The lowest BCUT2D eigenvalue weighted by Crippen LogP contribution is -2.25.